The van der Waals surface area contributed by atoms with E-state index in [0.29, 0.717) is 30.7 Å². The minimum Gasteiger partial charge on any atom is -0.497 e. The lowest BCUT2D eigenvalue weighted by Gasteiger charge is -2.32. The van der Waals surface area contributed by atoms with E-state index in [1.807, 2.05) is 30.3 Å². The number of piperidine rings is 1. The number of ether oxygens (including phenoxy) is 2. The summed E-state index contributed by atoms with van der Waals surface area (Å²) in [4.78, 5) is 13.3. The van der Waals surface area contributed by atoms with E-state index in [0.717, 1.165) is 22.4 Å². The minimum absolute atomic E-state index is 0.0397. The first-order valence-corrected chi connectivity index (χ1v) is 15.9. The van der Waals surface area contributed by atoms with Gasteiger partial charge in [-0.05, 0) is 90.2 Å². The van der Waals surface area contributed by atoms with Gasteiger partial charge in [-0.1, -0.05) is 24.3 Å². The molecule has 14 heteroatoms. The molecule has 0 amide bonds. The van der Waals surface area contributed by atoms with Gasteiger partial charge in [0.1, 0.15) is 11.5 Å². The first-order chi connectivity index (χ1) is 22.0. The summed E-state index contributed by atoms with van der Waals surface area (Å²) >= 11 is 0. The van der Waals surface area contributed by atoms with E-state index in [2.05, 4.69) is 15.2 Å². The molecule has 0 unspecified atom stereocenters. The van der Waals surface area contributed by atoms with Gasteiger partial charge in [0.25, 0.3) is 0 Å². The van der Waals surface area contributed by atoms with Gasteiger partial charge in [0.2, 0.25) is 10.0 Å². The normalized spacial score (nSPS) is 14.8. The van der Waals surface area contributed by atoms with Crippen molar-refractivity contribution in [1.82, 2.24) is 18.5 Å². The Bertz CT molecular complexity index is 1980. The van der Waals surface area contributed by atoms with Crippen LogP contribution in [-0.4, -0.2) is 59.5 Å². The third kappa shape index (κ3) is 6.87. The van der Waals surface area contributed by atoms with E-state index in [-0.39, 0.29) is 35.5 Å². The molecule has 240 valence electrons. The lowest BCUT2D eigenvalue weighted by Crippen LogP contribution is -2.42. The Balaban J connectivity index is 1.09. The fraction of sp³-hybridized carbons (Fsp3) is 0.250. The molecule has 46 heavy (non-hydrogen) atoms. The number of rotatable bonds is 9. The lowest BCUT2D eigenvalue weighted by atomic mass is 10.1. The predicted molar refractivity (Wildman–Crippen MR) is 166 cm³/mol. The number of pyridine rings is 1. The third-order valence-electron chi connectivity index (χ3n) is 7.81. The Hall–Kier alpha value is -4.82. The summed E-state index contributed by atoms with van der Waals surface area (Å²) in [5.74, 6) is 0.413. The van der Waals surface area contributed by atoms with Gasteiger partial charge in [-0.2, -0.15) is 4.31 Å². The molecule has 0 radical (unpaired) electrons. The van der Waals surface area contributed by atoms with E-state index in [9.17, 15) is 26.4 Å². The summed E-state index contributed by atoms with van der Waals surface area (Å²) in [6, 6.07) is 22.9. The summed E-state index contributed by atoms with van der Waals surface area (Å²) in [5.41, 5.74) is 3.19. The van der Waals surface area contributed by atoms with Crippen LogP contribution in [0.5, 0.6) is 11.5 Å². The van der Waals surface area contributed by atoms with Crippen molar-refractivity contribution in [3.63, 3.8) is 0 Å². The molecule has 0 spiro atoms. The van der Waals surface area contributed by atoms with Crippen molar-refractivity contribution in [2.45, 2.75) is 36.7 Å². The highest BCUT2D eigenvalue weighted by molar-refractivity contribution is 7.89. The Morgan fingerprint density at radius 1 is 0.870 bits per heavy atom. The van der Waals surface area contributed by atoms with Crippen LogP contribution in [-0.2, 0) is 16.6 Å². The second kappa shape index (κ2) is 12.5. The van der Waals surface area contributed by atoms with E-state index in [1.165, 1.54) is 37.7 Å². The van der Waals surface area contributed by atoms with Crippen LogP contribution in [0.15, 0.2) is 101 Å². The maximum Gasteiger partial charge on any atom is 0.573 e. The van der Waals surface area contributed by atoms with E-state index >= 15 is 0 Å². The number of nitrogens with zero attached hydrogens (tertiary/aromatic N) is 4. The minimum atomic E-state index is -4.76. The largest absolute Gasteiger partial charge is 0.573 e. The zero-order valence-corrected chi connectivity index (χ0v) is 25.5. The van der Waals surface area contributed by atoms with Crippen LogP contribution in [0.4, 0.5) is 18.9 Å². The topological polar surface area (TPSA) is 107 Å². The van der Waals surface area contributed by atoms with Gasteiger partial charge in [-0.3, -0.25) is 0 Å². The SMILES string of the molecule is COc1ccc(Cn2nc3ccc(-c4ccc(S(=O)(=O)N5CCC(Nc6ccc(OC(F)(F)F)cc6)CC5)cc4)cn3c2=O)cc1. The summed E-state index contributed by atoms with van der Waals surface area (Å²) in [6.07, 6.45) is -2.02. The maximum absolute atomic E-state index is 13.4. The van der Waals surface area contributed by atoms with Crippen LogP contribution in [0.1, 0.15) is 18.4 Å². The van der Waals surface area contributed by atoms with Gasteiger partial charge in [0.05, 0.1) is 18.6 Å². The summed E-state index contributed by atoms with van der Waals surface area (Å²) < 4.78 is 77.4. The standard InChI is InChI=1S/C32H30F3N5O5S/c1-44-27-9-2-22(3-10-27)20-40-31(41)39-21-24(6-15-30(39)37-40)23-4-13-29(14-5-23)46(42,43)38-18-16-26(17-19-38)36-25-7-11-28(12-8-25)45-32(33,34)35/h2-15,21,26,36H,16-20H2,1H3. The van der Waals surface area contributed by atoms with Gasteiger partial charge < -0.3 is 14.8 Å². The second-order valence-corrected chi connectivity index (χ2v) is 12.8. The molecule has 6 rings (SSSR count). The molecular formula is C32H30F3N5O5S. The van der Waals surface area contributed by atoms with Crippen LogP contribution >= 0.6 is 0 Å². The smallest absolute Gasteiger partial charge is 0.497 e. The van der Waals surface area contributed by atoms with Crippen LogP contribution in [0.2, 0.25) is 0 Å². The highest BCUT2D eigenvalue weighted by atomic mass is 32.2. The van der Waals surface area contributed by atoms with Crippen LogP contribution < -0.4 is 20.5 Å². The molecule has 0 saturated carbocycles. The van der Waals surface area contributed by atoms with E-state index < -0.39 is 16.4 Å². The predicted octanol–water partition coefficient (Wildman–Crippen LogP) is 5.38. The Labute approximate surface area is 262 Å². The maximum atomic E-state index is 13.4. The fourth-order valence-corrected chi connectivity index (χ4v) is 6.86. The first kappa shape index (κ1) is 31.2. The van der Waals surface area contributed by atoms with Crippen molar-refractivity contribution in [1.29, 1.82) is 0 Å². The average Bonchev–Trinajstić information content (AvgIpc) is 3.36. The quantitative estimate of drug-likeness (QED) is 0.228. The molecule has 3 heterocycles. The number of halogens is 3. The van der Waals surface area contributed by atoms with Crippen LogP contribution in [0.3, 0.4) is 0 Å². The van der Waals surface area contributed by atoms with Crippen LogP contribution in [0.25, 0.3) is 16.8 Å². The average molecular weight is 654 g/mol. The Morgan fingerprint density at radius 3 is 2.13 bits per heavy atom. The number of aromatic nitrogens is 3. The summed E-state index contributed by atoms with van der Waals surface area (Å²) in [5, 5.41) is 7.68. The van der Waals surface area contributed by atoms with Crippen molar-refractivity contribution in [2.24, 2.45) is 0 Å². The Kier molecular flexibility index (Phi) is 8.49. The molecule has 1 fully saturated rings. The van der Waals surface area contributed by atoms with Gasteiger partial charge >= 0.3 is 12.1 Å². The molecule has 1 aliphatic heterocycles. The number of anilines is 1. The van der Waals surface area contributed by atoms with Crippen LogP contribution in [0, 0.1) is 0 Å². The van der Waals surface area contributed by atoms with Crippen molar-refractivity contribution in [3.8, 4) is 22.6 Å². The molecule has 1 N–H and O–H groups in total. The second-order valence-electron chi connectivity index (χ2n) is 10.9. The molecule has 2 aromatic heterocycles. The zero-order chi connectivity index (χ0) is 32.5. The summed E-state index contributed by atoms with van der Waals surface area (Å²) in [7, 11) is -2.16. The molecule has 0 aliphatic carbocycles. The number of hydrogen-bond acceptors (Lipinski definition) is 7. The van der Waals surface area contributed by atoms with Gasteiger partial charge in [0, 0.05) is 31.0 Å². The molecule has 3 aromatic carbocycles. The zero-order valence-electron chi connectivity index (χ0n) is 24.6. The van der Waals surface area contributed by atoms with Crippen molar-refractivity contribution >= 4 is 21.4 Å². The first-order valence-electron chi connectivity index (χ1n) is 14.4. The van der Waals surface area contributed by atoms with Gasteiger partial charge in [-0.25, -0.2) is 22.3 Å². The van der Waals surface area contributed by atoms with Gasteiger partial charge in [0.15, 0.2) is 5.65 Å². The molecule has 10 nitrogen and oxygen atoms in total. The molecule has 0 atom stereocenters. The molecule has 5 aromatic rings. The number of benzene rings is 3. The van der Waals surface area contributed by atoms with Crippen molar-refractivity contribution in [3.05, 3.63) is 107 Å². The van der Waals surface area contributed by atoms with Crippen molar-refractivity contribution < 1.29 is 31.1 Å². The number of methoxy groups -OCH3 is 1. The monoisotopic (exact) mass is 653 g/mol. The lowest BCUT2D eigenvalue weighted by molar-refractivity contribution is -0.274. The highest BCUT2D eigenvalue weighted by Gasteiger charge is 2.31. The number of sulfonamides is 1. The molecular weight excluding hydrogens is 623 g/mol. The Morgan fingerprint density at radius 2 is 1.50 bits per heavy atom. The summed E-state index contributed by atoms with van der Waals surface area (Å²) in [6.45, 7) is 0.877. The molecule has 0 bridgehead atoms. The fourth-order valence-electron chi connectivity index (χ4n) is 5.39. The number of nitrogens with one attached hydrogen (secondary N) is 1. The third-order valence-corrected chi connectivity index (χ3v) is 9.72. The number of fused-ring (bicyclic) bond motifs is 1. The van der Waals surface area contributed by atoms with Crippen molar-refractivity contribution in [2.75, 3.05) is 25.5 Å². The van der Waals surface area contributed by atoms with E-state index in [1.54, 1.807) is 43.6 Å². The number of alkyl halides is 3. The number of hydrogen-bond donors (Lipinski definition) is 1. The highest BCUT2D eigenvalue weighted by Crippen LogP contribution is 2.28. The van der Waals surface area contributed by atoms with Gasteiger partial charge in [-0.15, -0.1) is 18.3 Å². The van der Waals surface area contributed by atoms with E-state index in [4.69, 9.17) is 4.74 Å². The molecule has 1 aliphatic rings. The molecule has 1 saturated heterocycles.